The van der Waals surface area contributed by atoms with Crippen molar-refractivity contribution in [1.29, 1.82) is 0 Å². The number of halogens is 3. The van der Waals surface area contributed by atoms with E-state index in [-0.39, 0.29) is 17.9 Å². The van der Waals surface area contributed by atoms with Crippen LogP contribution in [0.2, 0.25) is 0 Å². The Morgan fingerprint density at radius 1 is 1.24 bits per heavy atom. The van der Waals surface area contributed by atoms with Crippen LogP contribution in [0.15, 0.2) is 36.4 Å². The third-order valence-corrected chi connectivity index (χ3v) is 4.30. The van der Waals surface area contributed by atoms with Crippen molar-refractivity contribution >= 4 is 17.5 Å². The first-order valence-corrected chi connectivity index (χ1v) is 7.55. The lowest BCUT2D eigenvalue weighted by Crippen LogP contribution is -2.20. The molecule has 0 aliphatic carbocycles. The van der Waals surface area contributed by atoms with Gasteiger partial charge in [0.15, 0.2) is 0 Å². The normalized spacial score (nSPS) is 13.9. The predicted octanol–water partition coefficient (Wildman–Crippen LogP) is 2.92. The number of alkyl halides is 3. The number of carbonyl (C=O) groups is 2. The van der Waals surface area contributed by atoms with Crippen molar-refractivity contribution in [3.63, 3.8) is 0 Å². The maximum atomic E-state index is 13.3. The molecule has 25 heavy (non-hydrogen) atoms. The van der Waals surface area contributed by atoms with E-state index in [2.05, 4.69) is 0 Å². The van der Waals surface area contributed by atoms with Crippen LogP contribution in [0.1, 0.15) is 16.7 Å². The average molecular weight is 348 g/mol. The van der Waals surface area contributed by atoms with Crippen LogP contribution in [0.4, 0.5) is 18.9 Å². The van der Waals surface area contributed by atoms with E-state index in [9.17, 15) is 22.8 Å². The standard InChI is InChI=1S/C18H15F3N2O2/c1-23-15-6-5-10(7-11(15)8-17(23)25)12-3-2-4-14(18(19,20)21)13(12)9-16(22)24/h2-7H,8-9H2,1H3,(H2,22,24). The quantitative estimate of drug-likeness (QED) is 0.927. The van der Waals surface area contributed by atoms with E-state index in [0.717, 1.165) is 17.3 Å². The molecule has 0 unspecified atom stereocenters. The number of likely N-dealkylation sites (N-methyl/N-ethyl adjacent to an activating group) is 1. The number of nitrogens with two attached hydrogens (primary N) is 1. The molecule has 3 rings (SSSR count). The zero-order valence-electron chi connectivity index (χ0n) is 13.4. The van der Waals surface area contributed by atoms with E-state index >= 15 is 0 Å². The second-order valence-corrected chi connectivity index (χ2v) is 5.95. The number of fused-ring (bicyclic) bond motifs is 1. The number of benzene rings is 2. The van der Waals surface area contributed by atoms with E-state index in [1.54, 1.807) is 25.2 Å². The van der Waals surface area contributed by atoms with Gasteiger partial charge < -0.3 is 10.6 Å². The third-order valence-electron chi connectivity index (χ3n) is 4.30. The van der Waals surface area contributed by atoms with Gasteiger partial charge in [0.05, 0.1) is 18.4 Å². The van der Waals surface area contributed by atoms with Gasteiger partial charge in [-0.15, -0.1) is 0 Å². The van der Waals surface area contributed by atoms with E-state index < -0.39 is 24.1 Å². The Morgan fingerprint density at radius 2 is 1.96 bits per heavy atom. The molecule has 0 spiro atoms. The summed E-state index contributed by atoms with van der Waals surface area (Å²) in [5.74, 6) is -0.914. The summed E-state index contributed by atoms with van der Waals surface area (Å²) in [5, 5.41) is 0. The molecular formula is C18H15F3N2O2. The molecule has 0 saturated carbocycles. The van der Waals surface area contributed by atoms with Gasteiger partial charge in [-0.25, -0.2) is 0 Å². The largest absolute Gasteiger partial charge is 0.416 e. The molecule has 1 aliphatic rings. The van der Waals surface area contributed by atoms with Crippen LogP contribution in [0.5, 0.6) is 0 Å². The number of primary amides is 1. The SMILES string of the molecule is CN1C(=O)Cc2cc(-c3cccc(C(F)(F)F)c3CC(N)=O)ccc21. The fourth-order valence-corrected chi connectivity index (χ4v) is 3.13. The molecular weight excluding hydrogens is 333 g/mol. The number of amides is 2. The maximum absolute atomic E-state index is 13.3. The molecule has 1 heterocycles. The average Bonchev–Trinajstić information content (AvgIpc) is 2.80. The monoisotopic (exact) mass is 348 g/mol. The highest BCUT2D eigenvalue weighted by molar-refractivity contribution is 6.01. The number of hydrogen-bond donors (Lipinski definition) is 1. The van der Waals surface area contributed by atoms with Gasteiger partial charge in [0.2, 0.25) is 11.8 Å². The summed E-state index contributed by atoms with van der Waals surface area (Å²) in [6.45, 7) is 0. The molecule has 2 N–H and O–H groups in total. The zero-order valence-corrected chi connectivity index (χ0v) is 13.4. The van der Waals surface area contributed by atoms with Crippen LogP contribution in [0.25, 0.3) is 11.1 Å². The first-order chi connectivity index (χ1) is 11.7. The van der Waals surface area contributed by atoms with Crippen LogP contribution in [-0.2, 0) is 28.6 Å². The molecule has 2 amide bonds. The second-order valence-electron chi connectivity index (χ2n) is 5.95. The van der Waals surface area contributed by atoms with Crippen LogP contribution in [0, 0.1) is 0 Å². The van der Waals surface area contributed by atoms with Gasteiger partial charge in [-0.1, -0.05) is 18.2 Å². The molecule has 1 aliphatic heterocycles. The van der Waals surface area contributed by atoms with Crippen molar-refractivity contribution in [2.75, 3.05) is 11.9 Å². The van der Waals surface area contributed by atoms with E-state index in [1.165, 1.54) is 17.0 Å². The Kier molecular flexibility index (Phi) is 4.02. The smallest absolute Gasteiger partial charge is 0.369 e. The highest BCUT2D eigenvalue weighted by atomic mass is 19.4. The van der Waals surface area contributed by atoms with E-state index in [0.29, 0.717) is 11.1 Å². The molecule has 0 saturated heterocycles. The number of carbonyl (C=O) groups excluding carboxylic acids is 2. The molecule has 2 aromatic carbocycles. The van der Waals surface area contributed by atoms with Crippen molar-refractivity contribution in [3.05, 3.63) is 53.1 Å². The van der Waals surface area contributed by atoms with Gasteiger partial charge >= 0.3 is 6.18 Å². The van der Waals surface area contributed by atoms with Crippen molar-refractivity contribution in [3.8, 4) is 11.1 Å². The Bertz CT molecular complexity index is 875. The Balaban J connectivity index is 2.16. The summed E-state index contributed by atoms with van der Waals surface area (Å²) >= 11 is 0. The maximum Gasteiger partial charge on any atom is 0.416 e. The lowest BCUT2D eigenvalue weighted by Gasteiger charge is -2.17. The van der Waals surface area contributed by atoms with E-state index in [4.69, 9.17) is 5.73 Å². The number of anilines is 1. The Hall–Kier alpha value is -2.83. The van der Waals surface area contributed by atoms with E-state index in [1.807, 2.05) is 0 Å². The minimum absolute atomic E-state index is 0.0754. The molecule has 0 atom stereocenters. The number of nitrogens with zero attached hydrogens (tertiary/aromatic N) is 1. The fraction of sp³-hybridized carbons (Fsp3) is 0.222. The summed E-state index contributed by atoms with van der Waals surface area (Å²) in [6.07, 6.45) is -4.90. The summed E-state index contributed by atoms with van der Waals surface area (Å²) < 4.78 is 39.9. The Labute approximate surface area is 142 Å². The molecule has 0 bridgehead atoms. The van der Waals surface area contributed by atoms with Crippen LogP contribution < -0.4 is 10.6 Å². The van der Waals surface area contributed by atoms with Gasteiger partial charge in [-0.2, -0.15) is 13.2 Å². The summed E-state index contributed by atoms with van der Waals surface area (Å²) in [5.41, 5.74) is 6.41. The Morgan fingerprint density at radius 3 is 2.60 bits per heavy atom. The highest BCUT2D eigenvalue weighted by Gasteiger charge is 2.35. The summed E-state index contributed by atoms with van der Waals surface area (Å²) in [7, 11) is 1.65. The van der Waals surface area contributed by atoms with Gasteiger partial charge in [0, 0.05) is 12.7 Å². The predicted molar refractivity (Wildman–Crippen MR) is 86.9 cm³/mol. The van der Waals surface area contributed by atoms with Gasteiger partial charge in [0.25, 0.3) is 0 Å². The highest BCUT2D eigenvalue weighted by Crippen LogP contribution is 2.39. The van der Waals surface area contributed by atoms with Gasteiger partial charge in [-0.05, 0) is 40.5 Å². The first kappa shape index (κ1) is 17.0. The van der Waals surface area contributed by atoms with Crippen molar-refractivity contribution < 1.29 is 22.8 Å². The lowest BCUT2D eigenvalue weighted by atomic mass is 9.91. The number of rotatable bonds is 3. The third kappa shape index (κ3) is 3.09. The minimum Gasteiger partial charge on any atom is -0.369 e. The lowest BCUT2D eigenvalue weighted by molar-refractivity contribution is -0.138. The molecule has 0 fully saturated rings. The van der Waals surface area contributed by atoms with Crippen LogP contribution in [-0.4, -0.2) is 18.9 Å². The second kappa shape index (κ2) is 5.91. The van der Waals surface area contributed by atoms with Gasteiger partial charge in [-0.3, -0.25) is 9.59 Å². The first-order valence-electron chi connectivity index (χ1n) is 7.55. The van der Waals surface area contributed by atoms with Crippen molar-refractivity contribution in [2.45, 2.75) is 19.0 Å². The topological polar surface area (TPSA) is 63.4 Å². The van der Waals surface area contributed by atoms with Gasteiger partial charge in [0.1, 0.15) is 0 Å². The zero-order chi connectivity index (χ0) is 18.4. The molecule has 4 nitrogen and oxygen atoms in total. The molecule has 2 aromatic rings. The van der Waals surface area contributed by atoms with Crippen LogP contribution in [0.3, 0.4) is 0 Å². The van der Waals surface area contributed by atoms with Crippen LogP contribution >= 0.6 is 0 Å². The summed E-state index contributed by atoms with van der Waals surface area (Å²) in [6, 6.07) is 8.80. The molecule has 130 valence electrons. The fourth-order valence-electron chi connectivity index (χ4n) is 3.13. The van der Waals surface area contributed by atoms with Crippen molar-refractivity contribution in [1.82, 2.24) is 0 Å². The number of hydrogen-bond acceptors (Lipinski definition) is 2. The minimum atomic E-state index is -4.59. The molecule has 0 aromatic heterocycles. The summed E-state index contributed by atoms with van der Waals surface area (Å²) in [4.78, 5) is 24.6. The molecule has 7 heteroatoms. The van der Waals surface area contributed by atoms with Crippen molar-refractivity contribution in [2.24, 2.45) is 5.73 Å². The molecule has 0 radical (unpaired) electrons.